The summed E-state index contributed by atoms with van der Waals surface area (Å²) in [6, 6.07) is 16.3. The number of nitrogens with one attached hydrogen (secondary N) is 1. The van der Waals surface area contributed by atoms with Crippen molar-refractivity contribution in [2.75, 3.05) is 36.0 Å². The molecule has 7 nitrogen and oxygen atoms in total. The topological polar surface area (TPSA) is 70.0 Å². The smallest absolute Gasteiger partial charge is 0.326 e. The number of hydrogen-bond acceptors (Lipinski definition) is 5. The van der Waals surface area contributed by atoms with Crippen molar-refractivity contribution in [3.63, 3.8) is 0 Å². The number of fused-ring (bicyclic) bond motifs is 2. The highest BCUT2D eigenvalue weighted by Crippen LogP contribution is 2.34. The Kier molecular flexibility index (Phi) is 4.40. The fourth-order valence-electron chi connectivity index (χ4n) is 5.11. The lowest BCUT2D eigenvalue weighted by Crippen LogP contribution is -2.38. The summed E-state index contributed by atoms with van der Waals surface area (Å²) >= 11 is 0. The van der Waals surface area contributed by atoms with Crippen LogP contribution in [-0.2, 0) is 0 Å². The Labute approximate surface area is 180 Å². The average molecular weight is 415 g/mol. The zero-order chi connectivity index (χ0) is 20.8. The van der Waals surface area contributed by atoms with Gasteiger partial charge in [-0.05, 0) is 49.9 Å². The van der Waals surface area contributed by atoms with Crippen molar-refractivity contribution >= 4 is 33.7 Å². The van der Waals surface area contributed by atoms with E-state index < -0.39 is 0 Å². The first-order chi connectivity index (χ1) is 15.3. The van der Waals surface area contributed by atoms with Crippen LogP contribution in [0.2, 0.25) is 0 Å². The van der Waals surface area contributed by atoms with Crippen LogP contribution >= 0.6 is 0 Å². The van der Waals surface area contributed by atoms with Crippen LogP contribution in [0.25, 0.3) is 22.1 Å². The van der Waals surface area contributed by atoms with E-state index in [2.05, 4.69) is 14.8 Å². The molecule has 4 aromatic rings. The first-order valence-corrected chi connectivity index (χ1v) is 11.2. The van der Waals surface area contributed by atoms with Gasteiger partial charge in [-0.3, -0.25) is 4.57 Å². The van der Waals surface area contributed by atoms with E-state index in [4.69, 9.17) is 9.97 Å². The van der Waals surface area contributed by atoms with Gasteiger partial charge in [0.2, 0.25) is 0 Å². The van der Waals surface area contributed by atoms with Gasteiger partial charge in [-0.15, -0.1) is 0 Å². The van der Waals surface area contributed by atoms with E-state index in [1.807, 2.05) is 53.1 Å². The number of piperidine rings is 1. The molecule has 2 aromatic carbocycles. The number of hydrogen-bond donors (Lipinski definition) is 1. The largest absolute Gasteiger partial charge is 0.354 e. The minimum absolute atomic E-state index is 0.0112. The van der Waals surface area contributed by atoms with Gasteiger partial charge in [0.1, 0.15) is 0 Å². The third-order valence-corrected chi connectivity index (χ3v) is 6.69. The Morgan fingerprint density at radius 1 is 0.774 bits per heavy atom. The zero-order valence-corrected chi connectivity index (χ0v) is 17.5. The molecule has 7 heteroatoms. The second kappa shape index (κ2) is 7.41. The van der Waals surface area contributed by atoms with E-state index in [1.54, 1.807) is 0 Å². The standard InChI is InChI=1S/C24H26N6O/c31-24-27-20-9-3-4-10-21(20)30(24)17-11-15-29(16-12-17)23-22(28-13-5-6-14-28)25-18-7-1-2-8-19(18)26-23/h1-4,7-10,17H,5-6,11-16H2,(H,27,31). The van der Waals surface area contributed by atoms with Gasteiger partial charge in [0.05, 0.1) is 22.1 Å². The molecule has 0 aliphatic carbocycles. The maximum absolute atomic E-state index is 12.6. The van der Waals surface area contributed by atoms with Gasteiger partial charge in [0, 0.05) is 32.2 Å². The van der Waals surface area contributed by atoms with Crippen molar-refractivity contribution in [3.05, 3.63) is 59.0 Å². The van der Waals surface area contributed by atoms with Crippen LogP contribution in [0.5, 0.6) is 0 Å². The van der Waals surface area contributed by atoms with Crippen molar-refractivity contribution in [1.29, 1.82) is 0 Å². The Bertz CT molecular complexity index is 1290. The molecule has 158 valence electrons. The van der Waals surface area contributed by atoms with Crippen molar-refractivity contribution in [2.24, 2.45) is 0 Å². The lowest BCUT2D eigenvalue weighted by Gasteiger charge is -2.35. The third kappa shape index (κ3) is 3.15. The molecular formula is C24H26N6O. The predicted molar refractivity (Wildman–Crippen MR) is 124 cm³/mol. The van der Waals surface area contributed by atoms with Crippen LogP contribution in [0.4, 0.5) is 11.6 Å². The molecule has 2 aliphatic rings. The fraction of sp³-hybridized carbons (Fsp3) is 0.375. The molecule has 0 bridgehead atoms. The first-order valence-electron chi connectivity index (χ1n) is 11.2. The molecule has 0 radical (unpaired) electrons. The van der Waals surface area contributed by atoms with Crippen LogP contribution in [0.1, 0.15) is 31.7 Å². The molecule has 6 rings (SSSR count). The van der Waals surface area contributed by atoms with Crippen LogP contribution in [0, 0.1) is 0 Å². The summed E-state index contributed by atoms with van der Waals surface area (Å²) in [6.07, 6.45) is 4.24. The minimum atomic E-state index is -0.0112. The normalized spacial score (nSPS) is 17.8. The highest BCUT2D eigenvalue weighted by atomic mass is 16.1. The van der Waals surface area contributed by atoms with Crippen LogP contribution in [-0.4, -0.2) is 45.7 Å². The molecule has 2 saturated heterocycles. The zero-order valence-electron chi connectivity index (χ0n) is 17.5. The van der Waals surface area contributed by atoms with Crippen molar-refractivity contribution in [3.8, 4) is 0 Å². The summed E-state index contributed by atoms with van der Waals surface area (Å²) in [6.45, 7) is 3.82. The Hall–Kier alpha value is -3.35. The highest BCUT2D eigenvalue weighted by molar-refractivity contribution is 5.81. The van der Waals surface area contributed by atoms with Gasteiger partial charge >= 0.3 is 5.69 Å². The van der Waals surface area contributed by atoms with Gasteiger partial charge in [-0.2, -0.15) is 0 Å². The molecule has 2 aromatic heterocycles. The number of aromatic nitrogens is 4. The number of anilines is 2. The number of imidazole rings is 1. The van der Waals surface area contributed by atoms with E-state index in [0.29, 0.717) is 0 Å². The quantitative estimate of drug-likeness (QED) is 0.553. The second-order valence-corrected chi connectivity index (χ2v) is 8.59. The van der Waals surface area contributed by atoms with Crippen molar-refractivity contribution < 1.29 is 0 Å². The molecular weight excluding hydrogens is 388 g/mol. The summed E-state index contributed by atoms with van der Waals surface area (Å²) in [5.74, 6) is 2.00. The second-order valence-electron chi connectivity index (χ2n) is 8.59. The molecule has 0 saturated carbocycles. The summed E-state index contributed by atoms with van der Waals surface area (Å²) in [7, 11) is 0. The molecule has 0 amide bonds. The average Bonchev–Trinajstić information content (AvgIpc) is 3.46. The number of H-pyrrole nitrogens is 1. The van der Waals surface area contributed by atoms with Crippen molar-refractivity contribution in [1.82, 2.24) is 19.5 Å². The number of aromatic amines is 1. The third-order valence-electron chi connectivity index (χ3n) is 6.69. The van der Waals surface area contributed by atoms with E-state index in [9.17, 15) is 4.79 Å². The molecule has 31 heavy (non-hydrogen) atoms. The maximum Gasteiger partial charge on any atom is 0.326 e. The Morgan fingerprint density at radius 2 is 1.35 bits per heavy atom. The van der Waals surface area contributed by atoms with Crippen LogP contribution < -0.4 is 15.5 Å². The van der Waals surface area contributed by atoms with E-state index in [0.717, 1.165) is 72.7 Å². The van der Waals surface area contributed by atoms with E-state index in [-0.39, 0.29) is 11.7 Å². The number of nitrogens with zero attached hydrogens (tertiary/aromatic N) is 5. The summed E-state index contributed by atoms with van der Waals surface area (Å²) < 4.78 is 1.94. The molecule has 0 atom stereocenters. The molecule has 1 N–H and O–H groups in total. The molecule has 2 fully saturated rings. The number of benzene rings is 2. The summed E-state index contributed by atoms with van der Waals surface area (Å²) in [5, 5.41) is 0. The minimum Gasteiger partial charge on any atom is -0.354 e. The Balaban J connectivity index is 1.32. The lowest BCUT2D eigenvalue weighted by atomic mass is 10.0. The lowest BCUT2D eigenvalue weighted by molar-refractivity contribution is 0.395. The van der Waals surface area contributed by atoms with E-state index in [1.165, 1.54) is 12.8 Å². The Morgan fingerprint density at radius 3 is 2.03 bits per heavy atom. The molecule has 4 heterocycles. The van der Waals surface area contributed by atoms with Gasteiger partial charge < -0.3 is 14.8 Å². The number of para-hydroxylation sites is 4. The predicted octanol–water partition coefficient (Wildman–Crippen LogP) is 3.71. The molecule has 2 aliphatic heterocycles. The van der Waals surface area contributed by atoms with Crippen LogP contribution in [0.3, 0.4) is 0 Å². The monoisotopic (exact) mass is 414 g/mol. The molecule has 0 spiro atoms. The van der Waals surface area contributed by atoms with Crippen molar-refractivity contribution in [2.45, 2.75) is 31.7 Å². The fourth-order valence-corrected chi connectivity index (χ4v) is 5.11. The SMILES string of the molecule is O=c1[nH]c2ccccc2n1C1CCN(c2nc3ccccc3nc2N2CCCC2)CC1. The molecule has 0 unspecified atom stereocenters. The maximum atomic E-state index is 12.6. The number of rotatable bonds is 3. The van der Waals surface area contributed by atoms with Gasteiger partial charge in [0.15, 0.2) is 11.6 Å². The van der Waals surface area contributed by atoms with E-state index >= 15 is 0 Å². The summed E-state index contributed by atoms with van der Waals surface area (Å²) in [4.78, 5) is 30.4. The highest BCUT2D eigenvalue weighted by Gasteiger charge is 2.28. The van der Waals surface area contributed by atoms with Gasteiger partial charge in [-0.1, -0.05) is 24.3 Å². The first kappa shape index (κ1) is 18.4. The summed E-state index contributed by atoms with van der Waals surface area (Å²) in [5.41, 5.74) is 3.78. The van der Waals surface area contributed by atoms with Crippen LogP contribution in [0.15, 0.2) is 53.3 Å². The van der Waals surface area contributed by atoms with Gasteiger partial charge in [-0.25, -0.2) is 14.8 Å². The van der Waals surface area contributed by atoms with Gasteiger partial charge in [0.25, 0.3) is 0 Å².